The number of aromatic carboxylic acids is 1. The third kappa shape index (κ3) is 2.52. The molecule has 0 bridgehead atoms. The van der Waals surface area contributed by atoms with Crippen molar-refractivity contribution < 1.29 is 9.90 Å². The molecule has 5 nitrogen and oxygen atoms in total. The first-order valence-corrected chi connectivity index (χ1v) is 5.53. The maximum atomic E-state index is 11.3. The molecule has 0 aliphatic heterocycles. The zero-order chi connectivity index (χ0) is 13.3. The van der Waals surface area contributed by atoms with E-state index in [0.717, 1.165) is 0 Å². The van der Waals surface area contributed by atoms with Crippen LogP contribution in [0, 0.1) is 0 Å². The Balaban J connectivity index is 2.60. The molecule has 18 heavy (non-hydrogen) atoms. The fourth-order valence-electron chi connectivity index (χ4n) is 1.38. The van der Waals surface area contributed by atoms with Crippen molar-refractivity contribution in [3.8, 4) is 11.3 Å². The Morgan fingerprint density at radius 2 is 1.94 bits per heavy atom. The highest BCUT2D eigenvalue weighted by Crippen LogP contribution is 2.27. The molecule has 0 saturated carbocycles. The molecule has 1 aromatic carbocycles. The van der Waals surface area contributed by atoms with Gasteiger partial charge in [-0.3, -0.25) is 4.98 Å². The number of nitrogens with zero attached hydrogens (tertiary/aromatic N) is 1. The molecule has 92 valence electrons. The van der Waals surface area contributed by atoms with Gasteiger partial charge in [0.05, 0.1) is 15.7 Å². The lowest BCUT2D eigenvalue weighted by atomic mass is 10.1. The Kier molecular flexibility index (Phi) is 3.36. The van der Waals surface area contributed by atoms with Gasteiger partial charge in [-0.15, -0.1) is 0 Å². The number of H-pyrrole nitrogens is 1. The lowest BCUT2D eigenvalue weighted by molar-refractivity contribution is 0.0690. The van der Waals surface area contributed by atoms with Crippen molar-refractivity contribution in [3.05, 3.63) is 50.5 Å². The van der Waals surface area contributed by atoms with Crippen LogP contribution in [0.2, 0.25) is 10.0 Å². The zero-order valence-corrected chi connectivity index (χ0v) is 10.3. The lowest BCUT2D eigenvalue weighted by Gasteiger charge is -2.03. The van der Waals surface area contributed by atoms with Crippen LogP contribution in [0.15, 0.2) is 29.1 Å². The quantitative estimate of drug-likeness (QED) is 0.887. The molecule has 0 amide bonds. The van der Waals surface area contributed by atoms with Crippen LogP contribution in [0.25, 0.3) is 11.3 Å². The van der Waals surface area contributed by atoms with E-state index < -0.39 is 11.7 Å². The number of hydrogen-bond acceptors (Lipinski definition) is 3. The van der Waals surface area contributed by atoms with E-state index >= 15 is 0 Å². The number of rotatable bonds is 2. The molecule has 2 rings (SSSR count). The van der Waals surface area contributed by atoms with Gasteiger partial charge in [-0.2, -0.15) is 4.98 Å². The van der Waals surface area contributed by atoms with E-state index in [0.29, 0.717) is 15.6 Å². The number of aromatic nitrogens is 2. The van der Waals surface area contributed by atoms with Gasteiger partial charge in [0.1, 0.15) is 5.69 Å². The van der Waals surface area contributed by atoms with Gasteiger partial charge in [0.25, 0.3) is 0 Å². The van der Waals surface area contributed by atoms with Gasteiger partial charge in [0, 0.05) is 5.56 Å². The zero-order valence-electron chi connectivity index (χ0n) is 8.78. The van der Waals surface area contributed by atoms with Crippen LogP contribution in [0.1, 0.15) is 10.5 Å². The van der Waals surface area contributed by atoms with Crippen molar-refractivity contribution in [2.45, 2.75) is 0 Å². The molecule has 1 heterocycles. The van der Waals surface area contributed by atoms with E-state index in [1.54, 1.807) is 12.1 Å². The molecule has 2 aromatic rings. The van der Waals surface area contributed by atoms with Gasteiger partial charge in [-0.1, -0.05) is 29.3 Å². The second kappa shape index (κ2) is 4.80. The summed E-state index contributed by atoms with van der Waals surface area (Å²) in [7, 11) is 0. The Labute approximate surface area is 111 Å². The van der Waals surface area contributed by atoms with E-state index in [4.69, 9.17) is 28.3 Å². The third-order valence-corrected chi connectivity index (χ3v) is 2.93. The van der Waals surface area contributed by atoms with E-state index in [1.165, 1.54) is 12.1 Å². The summed E-state index contributed by atoms with van der Waals surface area (Å²) in [6.45, 7) is 0. The van der Waals surface area contributed by atoms with E-state index in [9.17, 15) is 9.59 Å². The SMILES string of the molecule is O=C(O)c1cc(-c2ccc(Cl)c(Cl)c2)nc(=O)[nH]1. The Morgan fingerprint density at radius 3 is 2.56 bits per heavy atom. The molecule has 0 spiro atoms. The van der Waals surface area contributed by atoms with Crippen LogP contribution in [0.4, 0.5) is 0 Å². The maximum absolute atomic E-state index is 11.3. The first kappa shape index (κ1) is 12.6. The minimum Gasteiger partial charge on any atom is -0.477 e. The molecule has 2 N–H and O–H groups in total. The van der Waals surface area contributed by atoms with Gasteiger partial charge in [-0.05, 0) is 18.2 Å². The van der Waals surface area contributed by atoms with Gasteiger partial charge >= 0.3 is 11.7 Å². The molecule has 0 radical (unpaired) electrons. The summed E-state index contributed by atoms with van der Waals surface area (Å²) in [4.78, 5) is 27.9. The highest BCUT2D eigenvalue weighted by Gasteiger charge is 2.10. The molecule has 0 aliphatic carbocycles. The molecule has 0 aliphatic rings. The fraction of sp³-hybridized carbons (Fsp3) is 0. The van der Waals surface area contributed by atoms with E-state index in [2.05, 4.69) is 9.97 Å². The molecule has 1 aromatic heterocycles. The Morgan fingerprint density at radius 1 is 1.22 bits per heavy atom. The molecule has 0 unspecified atom stereocenters. The highest BCUT2D eigenvalue weighted by atomic mass is 35.5. The molecule has 7 heteroatoms. The van der Waals surface area contributed by atoms with E-state index in [1.807, 2.05) is 0 Å². The van der Waals surface area contributed by atoms with Crippen LogP contribution < -0.4 is 5.69 Å². The number of carboxylic acid groups (broad SMARTS) is 1. The van der Waals surface area contributed by atoms with Crippen LogP contribution >= 0.6 is 23.2 Å². The topological polar surface area (TPSA) is 83.0 Å². The largest absolute Gasteiger partial charge is 0.477 e. The number of carbonyl (C=O) groups is 1. The van der Waals surface area contributed by atoms with Crippen LogP contribution in [0.5, 0.6) is 0 Å². The average Bonchev–Trinajstić information content (AvgIpc) is 2.31. The summed E-state index contributed by atoms with van der Waals surface area (Å²) in [6.07, 6.45) is 0. The average molecular weight is 285 g/mol. The summed E-state index contributed by atoms with van der Waals surface area (Å²) >= 11 is 11.6. The Hall–Kier alpha value is -1.85. The number of nitrogens with one attached hydrogen (secondary N) is 1. The summed E-state index contributed by atoms with van der Waals surface area (Å²) in [5.41, 5.74) is -0.250. The third-order valence-electron chi connectivity index (χ3n) is 2.19. The summed E-state index contributed by atoms with van der Waals surface area (Å²) in [6, 6.07) is 5.91. The monoisotopic (exact) mass is 284 g/mol. The summed E-state index contributed by atoms with van der Waals surface area (Å²) < 4.78 is 0. The summed E-state index contributed by atoms with van der Waals surface area (Å²) in [5, 5.41) is 9.50. The van der Waals surface area contributed by atoms with Crippen molar-refractivity contribution in [2.24, 2.45) is 0 Å². The van der Waals surface area contributed by atoms with Crippen molar-refractivity contribution in [2.75, 3.05) is 0 Å². The normalized spacial score (nSPS) is 10.3. The second-order valence-corrected chi connectivity index (χ2v) is 4.23. The summed E-state index contributed by atoms with van der Waals surface area (Å²) in [5.74, 6) is -1.24. The molecule has 0 fully saturated rings. The first-order chi connectivity index (χ1) is 8.47. The molecule has 0 saturated heterocycles. The van der Waals surface area contributed by atoms with Crippen molar-refractivity contribution in [1.29, 1.82) is 0 Å². The number of benzene rings is 1. The van der Waals surface area contributed by atoms with Gasteiger partial charge in [0.15, 0.2) is 0 Å². The lowest BCUT2D eigenvalue weighted by Crippen LogP contribution is -2.16. The fourth-order valence-corrected chi connectivity index (χ4v) is 1.67. The van der Waals surface area contributed by atoms with Crippen LogP contribution in [-0.2, 0) is 0 Å². The Bertz CT molecular complexity index is 682. The maximum Gasteiger partial charge on any atom is 0.352 e. The van der Waals surface area contributed by atoms with Crippen molar-refractivity contribution >= 4 is 29.2 Å². The first-order valence-electron chi connectivity index (χ1n) is 4.77. The van der Waals surface area contributed by atoms with Crippen molar-refractivity contribution in [3.63, 3.8) is 0 Å². The molecule has 0 atom stereocenters. The number of carboxylic acids is 1. The number of halogens is 2. The second-order valence-electron chi connectivity index (χ2n) is 3.42. The number of aromatic amines is 1. The highest BCUT2D eigenvalue weighted by molar-refractivity contribution is 6.42. The molecular weight excluding hydrogens is 279 g/mol. The van der Waals surface area contributed by atoms with Gasteiger partial charge in [0.2, 0.25) is 0 Å². The van der Waals surface area contributed by atoms with Crippen LogP contribution in [0.3, 0.4) is 0 Å². The van der Waals surface area contributed by atoms with E-state index in [-0.39, 0.29) is 11.4 Å². The number of hydrogen-bond donors (Lipinski definition) is 2. The van der Waals surface area contributed by atoms with Crippen LogP contribution in [-0.4, -0.2) is 21.0 Å². The van der Waals surface area contributed by atoms with Gasteiger partial charge in [-0.25, -0.2) is 9.59 Å². The predicted molar refractivity (Wildman–Crippen MR) is 67.3 cm³/mol. The van der Waals surface area contributed by atoms with Crippen molar-refractivity contribution in [1.82, 2.24) is 9.97 Å². The molecular formula is C11H6Cl2N2O3. The standard InChI is InChI=1S/C11H6Cl2N2O3/c12-6-2-1-5(3-7(6)13)8-4-9(10(16)17)15-11(18)14-8/h1-4H,(H,16,17)(H,14,15,18). The minimum atomic E-state index is -1.24. The smallest absolute Gasteiger partial charge is 0.352 e. The van der Waals surface area contributed by atoms with Gasteiger partial charge < -0.3 is 5.11 Å². The predicted octanol–water partition coefficient (Wildman–Crippen LogP) is 2.44. The minimum absolute atomic E-state index is 0.217.